The molecule has 6 heteroatoms. The first-order chi connectivity index (χ1) is 8.40. The van der Waals surface area contributed by atoms with E-state index in [0.29, 0.717) is 0 Å². The van der Waals surface area contributed by atoms with Crippen LogP contribution in [0.4, 0.5) is 0 Å². The van der Waals surface area contributed by atoms with E-state index < -0.39 is 23.9 Å². The third kappa shape index (κ3) is 4.61. The van der Waals surface area contributed by atoms with E-state index >= 15 is 0 Å². The lowest BCUT2D eigenvalue weighted by atomic mass is 9.93. The van der Waals surface area contributed by atoms with Crippen LogP contribution in [0.15, 0.2) is 24.3 Å². The maximum Gasteiger partial charge on any atom is 0.320 e. The summed E-state index contributed by atoms with van der Waals surface area (Å²) in [7, 11) is 0. The number of benzene rings is 1. The Morgan fingerprint density at radius 2 is 1.72 bits per heavy atom. The monoisotopic (exact) mass is 363 g/mol. The second-order valence-electron chi connectivity index (χ2n) is 4.05. The molecule has 0 aliphatic rings. The van der Waals surface area contributed by atoms with Gasteiger partial charge in [0.15, 0.2) is 0 Å². The van der Waals surface area contributed by atoms with E-state index in [1.54, 1.807) is 0 Å². The topological polar surface area (TPSA) is 101 Å². The fourth-order valence-corrected chi connectivity index (χ4v) is 1.94. The van der Waals surface area contributed by atoms with Gasteiger partial charge in [0.1, 0.15) is 6.04 Å². The van der Waals surface area contributed by atoms with E-state index in [-0.39, 0.29) is 12.8 Å². The van der Waals surface area contributed by atoms with Crippen molar-refractivity contribution >= 4 is 34.5 Å². The first kappa shape index (κ1) is 14.9. The van der Waals surface area contributed by atoms with Gasteiger partial charge in [0.05, 0.1) is 5.92 Å². The molecule has 1 rings (SSSR count). The summed E-state index contributed by atoms with van der Waals surface area (Å²) in [5.74, 6) is -2.98. The predicted octanol–water partition coefficient (Wildman–Crippen LogP) is 1.34. The van der Waals surface area contributed by atoms with Crippen molar-refractivity contribution < 1.29 is 19.8 Å². The van der Waals surface area contributed by atoms with Crippen LogP contribution >= 0.6 is 22.6 Å². The molecule has 98 valence electrons. The van der Waals surface area contributed by atoms with Gasteiger partial charge >= 0.3 is 11.9 Å². The van der Waals surface area contributed by atoms with E-state index in [0.717, 1.165) is 9.13 Å². The van der Waals surface area contributed by atoms with E-state index in [9.17, 15) is 9.59 Å². The van der Waals surface area contributed by atoms with E-state index in [1.165, 1.54) is 0 Å². The minimum absolute atomic E-state index is 0.0728. The fraction of sp³-hybridized carbons (Fsp3) is 0.333. The highest BCUT2D eigenvalue weighted by Crippen LogP contribution is 2.16. The van der Waals surface area contributed by atoms with Crippen molar-refractivity contribution in [3.8, 4) is 0 Å². The highest BCUT2D eigenvalue weighted by molar-refractivity contribution is 14.1. The molecule has 5 nitrogen and oxygen atoms in total. The average molecular weight is 363 g/mol. The smallest absolute Gasteiger partial charge is 0.320 e. The minimum atomic E-state index is -1.18. The van der Waals surface area contributed by atoms with Crippen molar-refractivity contribution in [3.63, 3.8) is 0 Å². The highest BCUT2D eigenvalue weighted by Gasteiger charge is 2.24. The fourth-order valence-electron chi connectivity index (χ4n) is 1.58. The summed E-state index contributed by atoms with van der Waals surface area (Å²) in [4.78, 5) is 21.7. The molecule has 0 heterocycles. The van der Waals surface area contributed by atoms with Gasteiger partial charge in [0, 0.05) is 3.57 Å². The lowest BCUT2D eigenvalue weighted by Gasteiger charge is -2.14. The third-order valence-electron chi connectivity index (χ3n) is 2.60. The zero-order chi connectivity index (χ0) is 13.7. The quantitative estimate of drug-likeness (QED) is 0.663. The summed E-state index contributed by atoms with van der Waals surface area (Å²) in [6.07, 6.45) is 0.212. The van der Waals surface area contributed by atoms with Crippen LogP contribution in [0.1, 0.15) is 12.0 Å². The van der Waals surface area contributed by atoms with Crippen LogP contribution in [0.2, 0.25) is 0 Å². The first-order valence-corrected chi connectivity index (χ1v) is 6.43. The molecule has 0 spiro atoms. The Kier molecular flexibility index (Phi) is 5.54. The molecule has 0 bridgehead atoms. The van der Waals surface area contributed by atoms with Crippen LogP contribution in [0.25, 0.3) is 0 Å². The van der Waals surface area contributed by atoms with Crippen LogP contribution in [0.3, 0.4) is 0 Å². The number of hydrogen-bond donors (Lipinski definition) is 3. The number of carboxylic acid groups (broad SMARTS) is 2. The first-order valence-electron chi connectivity index (χ1n) is 5.35. The van der Waals surface area contributed by atoms with Crippen LogP contribution < -0.4 is 5.73 Å². The Bertz CT molecular complexity index is 432. The molecule has 0 aromatic heterocycles. The van der Waals surface area contributed by atoms with Crippen LogP contribution in [-0.2, 0) is 16.0 Å². The predicted molar refractivity (Wildman–Crippen MR) is 74.2 cm³/mol. The van der Waals surface area contributed by atoms with Gasteiger partial charge in [0.25, 0.3) is 0 Å². The molecule has 0 radical (unpaired) electrons. The van der Waals surface area contributed by atoms with E-state index in [2.05, 4.69) is 22.6 Å². The van der Waals surface area contributed by atoms with Gasteiger partial charge in [-0.15, -0.1) is 0 Å². The lowest BCUT2D eigenvalue weighted by Crippen LogP contribution is -2.35. The molecule has 4 N–H and O–H groups in total. The van der Waals surface area contributed by atoms with Crippen LogP contribution in [0, 0.1) is 9.49 Å². The number of rotatable bonds is 6. The second-order valence-corrected chi connectivity index (χ2v) is 5.29. The van der Waals surface area contributed by atoms with Gasteiger partial charge in [0.2, 0.25) is 0 Å². The minimum Gasteiger partial charge on any atom is -0.481 e. The molecule has 2 atom stereocenters. The maximum atomic E-state index is 11.1. The molecule has 1 aromatic rings. The molecule has 0 amide bonds. The van der Waals surface area contributed by atoms with Crippen LogP contribution in [0.5, 0.6) is 0 Å². The lowest BCUT2D eigenvalue weighted by molar-refractivity contribution is -0.143. The van der Waals surface area contributed by atoms with Crippen molar-refractivity contribution in [2.24, 2.45) is 11.7 Å². The SMILES string of the molecule is NC(CC(Cc1ccc(I)cc1)C(=O)O)C(=O)O. The van der Waals surface area contributed by atoms with Crippen molar-refractivity contribution in [1.82, 2.24) is 0 Å². The number of carbonyl (C=O) groups is 2. The Morgan fingerprint density at radius 1 is 1.17 bits per heavy atom. The van der Waals surface area contributed by atoms with Crippen molar-refractivity contribution in [3.05, 3.63) is 33.4 Å². The number of halogens is 1. The largest absolute Gasteiger partial charge is 0.481 e. The summed E-state index contributed by atoms with van der Waals surface area (Å²) < 4.78 is 1.06. The molecule has 1 aromatic carbocycles. The Balaban J connectivity index is 2.71. The summed E-state index contributed by atoms with van der Waals surface area (Å²) in [6.45, 7) is 0. The number of hydrogen-bond acceptors (Lipinski definition) is 3. The zero-order valence-corrected chi connectivity index (χ0v) is 11.7. The average Bonchev–Trinajstić information content (AvgIpc) is 2.30. The molecule has 0 aliphatic heterocycles. The van der Waals surface area contributed by atoms with Gasteiger partial charge in [-0.2, -0.15) is 0 Å². The summed E-state index contributed by atoms with van der Waals surface area (Å²) >= 11 is 2.16. The normalized spacial score (nSPS) is 13.9. The number of nitrogens with two attached hydrogens (primary N) is 1. The van der Waals surface area contributed by atoms with Gasteiger partial charge < -0.3 is 15.9 Å². The van der Waals surface area contributed by atoms with Gasteiger partial charge in [-0.25, -0.2) is 0 Å². The molecule has 0 fully saturated rings. The Labute approximate surface area is 118 Å². The molecule has 18 heavy (non-hydrogen) atoms. The van der Waals surface area contributed by atoms with Gasteiger partial charge in [-0.3, -0.25) is 9.59 Å². The van der Waals surface area contributed by atoms with Crippen molar-refractivity contribution in [2.75, 3.05) is 0 Å². The third-order valence-corrected chi connectivity index (χ3v) is 3.32. The Morgan fingerprint density at radius 3 is 2.17 bits per heavy atom. The van der Waals surface area contributed by atoms with Gasteiger partial charge in [-0.1, -0.05) is 12.1 Å². The van der Waals surface area contributed by atoms with Gasteiger partial charge in [-0.05, 0) is 53.1 Å². The Hall–Kier alpha value is -1.15. The molecule has 0 saturated carbocycles. The second kappa shape index (κ2) is 6.69. The molecule has 0 saturated heterocycles. The summed E-state index contributed by atoms with van der Waals surface area (Å²) in [5.41, 5.74) is 6.23. The molecular weight excluding hydrogens is 349 g/mol. The van der Waals surface area contributed by atoms with E-state index in [4.69, 9.17) is 15.9 Å². The molecular formula is C12H14INO4. The summed E-state index contributed by atoms with van der Waals surface area (Å²) in [6, 6.07) is 6.29. The van der Waals surface area contributed by atoms with Crippen molar-refractivity contribution in [2.45, 2.75) is 18.9 Å². The van der Waals surface area contributed by atoms with E-state index in [1.807, 2.05) is 24.3 Å². The highest BCUT2D eigenvalue weighted by atomic mass is 127. The molecule has 2 unspecified atom stereocenters. The number of carboxylic acids is 2. The standard InChI is InChI=1S/C12H14INO4/c13-9-3-1-7(2-4-9)5-8(11(15)16)6-10(14)12(17)18/h1-4,8,10H,5-6,14H2,(H,15,16)(H,17,18). The van der Waals surface area contributed by atoms with Crippen molar-refractivity contribution in [1.29, 1.82) is 0 Å². The number of aliphatic carboxylic acids is 2. The zero-order valence-electron chi connectivity index (χ0n) is 9.54. The maximum absolute atomic E-state index is 11.1. The summed E-state index contributed by atoms with van der Waals surface area (Å²) in [5, 5.41) is 17.8. The molecule has 0 aliphatic carbocycles. The van der Waals surface area contributed by atoms with Crippen LogP contribution in [-0.4, -0.2) is 28.2 Å².